The van der Waals surface area contributed by atoms with Crippen molar-refractivity contribution in [3.8, 4) is 5.75 Å². The van der Waals surface area contributed by atoms with Gasteiger partial charge in [-0.2, -0.15) is 0 Å². The van der Waals surface area contributed by atoms with Gasteiger partial charge in [0.1, 0.15) is 17.4 Å². The summed E-state index contributed by atoms with van der Waals surface area (Å²) in [4.78, 5) is 22.3. The lowest BCUT2D eigenvalue weighted by Gasteiger charge is -2.23. The molecular weight excluding hydrogens is 321 g/mol. The van der Waals surface area contributed by atoms with Crippen molar-refractivity contribution in [2.45, 2.75) is 18.9 Å². The van der Waals surface area contributed by atoms with Crippen molar-refractivity contribution in [1.29, 1.82) is 0 Å². The predicted octanol–water partition coefficient (Wildman–Crippen LogP) is 3.44. The number of fused-ring (bicyclic) bond motifs is 1. The zero-order chi connectivity index (χ0) is 17.2. The number of hydrogen-bond donors (Lipinski definition) is 1. The second-order valence-corrected chi connectivity index (χ2v) is 6.13. The van der Waals surface area contributed by atoms with Gasteiger partial charge in [0.15, 0.2) is 6.61 Å². The van der Waals surface area contributed by atoms with Crippen molar-refractivity contribution in [3.63, 3.8) is 0 Å². The maximum atomic E-state index is 12.9. The predicted molar refractivity (Wildman–Crippen MR) is 91.7 cm³/mol. The first kappa shape index (κ1) is 15.6. The van der Waals surface area contributed by atoms with E-state index in [0.717, 1.165) is 29.7 Å². The van der Waals surface area contributed by atoms with Crippen molar-refractivity contribution in [3.05, 3.63) is 60.2 Å². The van der Waals surface area contributed by atoms with Gasteiger partial charge >= 0.3 is 0 Å². The van der Waals surface area contributed by atoms with E-state index in [1.54, 1.807) is 4.90 Å². The standard InChI is InChI=1S/C19H18FN3O2/c20-13-7-9-14(10-8-13)25-12-18(24)23-11-3-6-17(23)19-21-15-4-1-2-5-16(15)22-19/h1-2,4-5,7-10,17H,3,6,11-12H2,(H,21,22)/t17-/m1/s1. The van der Waals surface area contributed by atoms with Crippen molar-refractivity contribution in [1.82, 2.24) is 14.9 Å². The van der Waals surface area contributed by atoms with Gasteiger partial charge in [0.25, 0.3) is 5.91 Å². The molecule has 0 bridgehead atoms. The fourth-order valence-electron chi connectivity index (χ4n) is 3.24. The molecule has 1 amide bonds. The number of benzene rings is 2. The molecule has 4 rings (SSSR count). The Labute approximate surface area is 144 Å². The Morgan fingerprint density at radius 3 is 2.84 bits per heavy atom. The van der Waals surface area contributed by atoms with Crippen molar-refractivity contribution >= 4 is 16.9 Å². The number of carbonyl (C=O) groups excluding carboxylic acids is 1. The molecular formula is C19H18FN3O2. The van der Waals surface area contributed by atoms with Crippen molar-refractivity contribution < 1.29 is 13.9 Å². The summed E-state index contributed by atoms with van der Waals surface area (Å²) in [5, 5.41) is 0. The molecule has 1 N–H and O–H groups in total. The molecule has 0 saturated carbocycles. The highest BCUT2D eigenvalue weighted by Crippen LogP contribution is 2.31. The van der Waals surface area contributed by atoms with Crippen LogP contribution < -0.4 is 4.74 Å². The zero-order valence-corrected chi connectivity index (χ0v) is 13.6. The topological polar surface area (TPSA) is 58.2 Å². The minimum atomic E-state index is -0.330. The summed E-state index contributed by atoms with van der Waals surface area (Å²) in [6, 6.07) is 13.4. The SMILES string of the molecule is O=C(COc1ccc(F)cc1)N1CCC[C@@H]1c1nc2ccccc2[nH]1. The number of aromatic nitrogens is 2. The number of H-pyrrole nitrogens is 1. The molecule has 25 heavy (non-hydrogen) atoms. The van der Waals surface area contributed by atoms with Crippen LogP contribution in [0.5, 0.6) is 5.75 Å². The van der Waals surface area contributed by atoms with Crippen molar-refractivity contribution in [2.24, 2.45) is 0 Å². The Balaban J connectivity index is 1.46. The van der Waals surface area contributed by atoms with Crippen LogP contribution in [-0.4, -0.2) is 33.9 Å². The average molecular weight is 339 g/mol. The van der Waals surface area contributed by atoms with Crippen LogP contribution in [0.15, 0.2) is 48.5 Å². The van der Waals surface area contributed by atoms with Gasteiger partial charge in [-0.15, -0.1) is 0 Å². The number of nitrogens with zero attached hydrogens (tertiary/aromatic N) is 2. The quantitative estimate of drug-likeness (QED) is 0.792. The molecule has 0 aliphatic carbocycles. The van der Waals surface area contributed by atoms with E-state index in [4.69, 9.17) is 4.74 Å². The highest BCUT2D eigenvalue weighted by molar-refractivity contribution is 5.79. The van der Waals surface area contributed by atoms with Crippen LogP contribution >= 0.6 is 0 Å². The van der Waals surface area contributed by atoms with Crippen LogP contribution in [-0.2, 0) is 4.79 Å². The zero-order valence-electron chi connectivity index (χ0n) is 13.6. The smallest absolute Gasteiger partial charge is 0.261 e. The fraction of sp³-hybridized carbons (Fsp3) is 0.263. The minimum absolute atomic E-state index is 0.0586. The van der Waals surface area contributed by atoms with E-state index < -0.39 is 0 Å². The highest BCUT2D eigenvalue weighted by atomic mass is 19.1. The van der Waals surface area contributed by atoms with Gasteiger partial charge < -0.3 is 14.6 Å². The molecule has 1 aromatic heterocycles. The van der Waals surface area contributed by atoms with E-state index in [0.29, 0.717) is 12.3 Å². The van der Waals surface area contributed by atoms with E-state index in [2.05, 4.69) is 9.97 Å². The van der Waals surface area contributed by atoms with Crippen LogP contribution in [0, 0.1) is 5.82 Å². The third kappa shape index (κ3) is 3.20. The van der Waals surface area contributed by atoms with E-state index in [9.17, 15) is 9.18 Å². The molecule has 1 atom stereocenters. The lowest BCUT2D eigenvalue weighted by Crippen LogP contribution is -2.34. The highest BCUT2D eigenvalue weighted by Gasteiger charge is 2.32. The summed E-state index contributed by atoms with van der Waals surface area (Å²) in [6.45, 7) is 0.621. The summed E-state index contributed by atoms with van der Waals surface area (Å²) in [5.41, 5.74) is 1.87. The summed E-state index contributed by atoms with van der Waals surface area (Å²) >= 11 is 0. The van der Waals surface area contributed by atoms with Crippen LogP contribution in [0.25, 0.3) is 11.0 Å². The van der Waals surface area contributed by atoms with E-state index >= 15 is 0 Å². The van der Waals surface area contributed by atoms with E-state index in [1.807, 2.05) is 24.3 Å². The number of para-hydroxylation sites is 2. The van der Waals surface area contributed by atoms with Gasteiger partial charge in [-0.3, -0.25) is 4.79 Å². The van der Waals surface area contributed by atoms with Crippen LogP contribution in [0.2, 0.25) is 0 Å². The molecule has 0 unspecified atom stereocenters. The molecule has 0 radical (unpaired) electrons. The number of amides is 1. The number of carbonyl (C=O) groups is 1. The summed E-state index contributed by atoms with van der Waals surface area (Å²) in [6.07, 6.45) is 1.81. The van der Waals surface area contributed by atoms with Gasteiger partial charge in [-0.1, -0.05) is 12.1 Å². The number of imidazole rings is 1. The summed E-state index contributed by atoms with van der Waals surface area (Å²) in [5.74, 6) is 0.874. The minimum Gasteiger partial charge on any atom is -0.484 e. The number of aromatic amines is 1. The maximum absolute atomic E-state index is 12.9. The Morgan fingerprint density at radius 1 is 1.24 bits per heavy atom. The van der Waals surface area contributed by atoms with Gasteiger partial charge in [0.05, 0.1) is 17.1 Å². The molecule has 3 aromatic rings. The number of ether oxygens (including phenoxy) is 1. The van der Waals surface area contributed by atoms with Crippen LogP contribution in [0.1, 0.15) is 24.7 Å². The first-order chi connectivity index (χ1) is 12.2. The molecule has 1 aliphatic heterocycles. The Bertz CT molecular complexity index is 858. The fourth-order valence-corrected chi connectivity index (χ4v) is 3.24. The number of hydrogen-bond acceptors (Lipinski definition) is 3. The van der Waals surface area contributed by atoms with Gasteiger partial charge in [0, 0.05) is 6.54 Å². The lowest BCUT2D eigenvalue weighted by molar-refractivity contribution is -0.134. The molecule has 2 heterocycles. The second kappa shape index (κ2) is 6.55. The van der Waals surface area contributed by atoms with Gasteiger partial charge in [-0.25, -0.2) is 9.37 Å². The third-order valence-corrected chi connectivity index (χ3v) is 4.47. The largest absolute Gasteiger partial charge is 0.484 e. The number of rotatable bonds is 4. The first-order valence-corrected chi connectivity index (χ1v) is 8.33. The average Bonchev–Trinajstić information content (AvgIpc) is 3.27. The van der Waals surface area contributed by atoms with E-state index in [-0.39, 0.29) is 24.4 Å². The molecule has 6 heteroatoms. The molecule has 0 spiro atoms. The maximum Gasteiger partial charge on any atom is 0.261 e. The van der Waals surface area contributed by atoms with Crippen LogP contribution in [0.4, 0.5) is 4.39 Å². The molecule has 1 fully saturated rings. The Hall–Kier alpha value is -2.89. The summed E-state index contributed by atoms with van der Waals surface area (Å²) in [7, 11) is 0. The molecule has 5 nitrogen and oxygen atoms in total. The molecule has 1 saturated heterocycles. The molecule has 1 aliphatic rings. The van der Waals surface area contributed by atoms with E-state index in [1.165, 1.54) is 24.3 Å². The normalized spacial score (nSPS) is 17.2. The Kier molecular flexibility index (Phi) is 4.09. The number of likely N-dealkylation sites (tertiary alicyclic amines) is 1. The third-order valence-electron chi connectivity index (χ3n) is 4.47. The molecule has 128 valence electrons. The second-order valence-electron chi connectivity index (χ2n) is 6.13. The van der Waals surface area contributed by atoms with Crippen molar-refractivity contribution in [2.75, 3.05) is 13.2 Å². The Morgan fingerprint density at radius 2 is 2.04 bits per heavy atom. The number of nitrogens with one attached hydrogen (secondary N) is 1. The first-order valence-electron chi connectivity index (χ1n) is 8.33. The number of halogens is 1. The van der Waals surface area contributed by atoms with Crippen LogP contribution in [0.3, 0.4) is 0 Å². The lowest BCUT2D eigenvalue weighted by atomic mass is 10.2. The molecule has 2 aromatic carbocycles. The monoisotopic (exact) mass is 339 g/mol. The van der Waals surface area contributed by atoms with Gasteiger partial charge in [-0.05, 0) is 49.2 Å². The van der Waals surface area contributed by atoms with Gasteiger partial charge in [0.2, 0.25) is 0 Å². The summed E-state index contributed by atoms with van der Waals surface area (Å²) < 4.78 is 18.4.